The van der Waals surface area contributed by atoms with Crippen LogP contribution in [0.3, 0.4) is 0 Å². The first kappa shape index (κ1) is 16.2. The van der Waals surface area contributed by atoms with Gasteiger partial charge in [0, 0.05) is 12.6 Å². The van der Waals surface area contributed by atoms with Crippen LogP contribution >= 0.6 is 0 Å². The normalized spacial score (nSPS) is 14.8. The van der Waals surface area contributed by atoms with Gasteiger partial charge in [-0.25, -0.2) is 0 Å². The van der Waals surface area contributed by atoms with Gasteiger partial charge < -0.3 is 19.6 Å². The standard InChI is InChI=1S/C15H27NO3/c1-12(2)6-7-13(3)16-9-14(17)10-18-11-15-5-4-8-19-15/h4-5,8,12-14,16-17H,6-7,9-11H2,1-3H3/t13-,14+/m1/s1. The summed E-state index contributed by atoms with van der Waals surface area (Å²) in [5.41, 5.74) is 0. The summed E-state index contributed by atoms with van der Waals surface area (Å²) in [7, 11) is 0. The summed E-state index contributed by atoms with van der Waals surface area (Å²) in [6.45, 7) is 7.90. The molecule has 2 atom stereocenters. The number of rotatable bonds is 10. The van der Waals surface area contributed by atoms with Crippen LogP contribution in [0.4, 0.5) is 0 Å². The molecule has 19 heavy (non-hydrogen) atoms. The highest BCUT2D eigenvalue weighted by Gasteiger charge is 2.08. The maximum absolute atomic E-state index is 9.79. The van der Waals surface area contributed by atoms with Gasteiger partial charge in [0.15, 0.2) is 0 Å². The predicted octanol–water partition coefficient (Wildman–Crippen LogP) is 2.57. The summed E-state index contributed by atoms with van der Waals surface area (Å²) in [6.07, 6.45) is 3.49. The van der Waals surface area contributed by atoms with E-state index in [9.17, 15) is 5.11 Å². The van der Waals surface area contributed by atoms with Gasteiger partial charge in [0.1, 0.15) is 12.4 Å². The van der Waals surface area contributed by atoms with Crippen LogP contribution < -0.4 is 5.32 Å². The lowest BCUT2D eigenvalue weighted by atomic mass is 10.0. The van der Waals surface area contributed by atoms with E-state index >= 15 is 0 Å². The Labute approximate surface area is 116 Å². The van der Waals surface area contributed by atoms with Crippen molar-refractivity contribution in [3.63, 3.8) is 0 Å². The molecule has 1 rings (SSSR count). The van der Waals surface area contributed by atoms with Crippen LogP contribution in [0.15, 0.2) is 22.8 Å². The van der Waals surface area contributed by atoms with E-state index in [2.05, 4.69) is 26.1 Å². The van der Waals surface area contributed by atoms with Gasteiger partial charge in [-0.3, -0.25) is 0 Å². The van der Waals surface area contributed by atoms with Crippen molar-refractivity contribution in [2.45, 2.75) is 52.4 Å². The first-order chi connectivity index (χ1) is 9.08. The summed E-state index contributed by atoms with van der Waals surface area (Å²) in [4.78, 5) is 0. The Bertz CT molecular complexity index is 311. The molecule has 1 aromatic heterocycles. The number of hydrogen-bond donors (Lipinski definition) is 2. The average Bonchev–Trinajstić information content (AvgIpc) is 2.87. The van der Waals surface area contributed by atoms with Crippen molar-refractivity contribution in [2.24, 2.45) is 5.92 Å². The van der Waals surface area contributed by atoms with E-state index < -0.39 is 6.10 Å². The second-order valence-corrected chi connectivity index (χ2v) is 5.53. The molecule has 0 aromatic carbocycles. The van der Waals surface area contributed by atoms with Gasteiger partial charge in [0.2, 0.25) is 0 Å². The van der Waals surface area contributed by atoms with Crippen LogP contribution in [0.5, 0.6) is 0 Å². The summed E-state index contributed by atoms with van der Waals surface area (Å²) in [5.74, 6) is 1.51. The van der Waals surface area contributed by atoms with Crippen molar-refractivity contribution in [1.29, 1.82) is 0 Å². The van der Waals surface area contributed by atoms with E-state index in [0.29, 0.717) is 25.8 Å². The van der Waals surface area contributed by atoms with Gasteiger partial charge >= 0.3 is 0 Å². The fourth-order valence-corrected chi connectivity index (χ4v) is 1.77. The van der Waals surface area contributed by atoms with Gasteiger partial charge in [-0.2, -0.15) is 0 Å². The summed E-state index contributed by atoms with van der Waals surface area (Å²) in [5, 5.41) is 13.1. The van der Waals surface area contributed by atoms with Gasteiger partial charge in [0.05, 0.1) is 19.0 Å². The minimum absolute atomic E-state index is 0.324. The highest BCUT2D eigenvalue weighted by molar-refractivity contribution is 4.96. The molecule has 0 aliphatic rings. The Morgan fingerprint density at radius 2 is 2.11 bits per heavy atom. The number of aliphatic hydroxyl groups excluding tert-OH is 1. The quantitative estimate of drug-likeness (QED) is 0.685. The fourth-order valence-electron chi connectivity index (χ4n) is 1.77. The van der Waals surface area contributed by atoms with E-state index in [0.717, 1.165) is 18.1 Å². The number of aliphatic hydroxyl groups is 1. The minimum atomic E-state index is -0.475. The molecular formula is C15H27NO3. The molecule has 0 fully saturated rings. The first-order valence-corrected chi connectivity index (χ1v) is 7.09. The van der Waals surface area contributed by atoms with Gasteiger partial charge in [-0.05, 0) is 37.8 Å². The highest BCUT2D eigenvalue weighted by Crippen LogP contribution is 2.06. The van der Waals surface area contributed by atoms with Crippen molar-refractivity contribution in [3.05, 3.63) is 24.2 Å². The van der Waals surface area contributed by atoms with Crippen molar-refractivity contribution in [1.82, 2.24) is 5.32 Å². The maximum Gasteiger partial charge on any atom is 0.129 e. The number of ether oxygens (including phenoxy) is 1. The molecule has 0 saturated heterocycles. The van der Waals surface area contributed by atoms with Crippen molar-refractivity contribution in [3.8, 4) is 0 Å². The van der Waals surface area contributed by atoms with E-state index in [1.807, 2.05) is 12.1 Å². The Hall–Kier alpha value is -0.840. The van der Waals surface area contributed by atoms with E-state index in [1.54, 1.807) is 6.26 Å². The van der Waals surface area contributed by atoms with Crippen molar-refractivity contribution >= 4 is 0 Å². The fraction of sp³-hybridized carbons (Fsp3) is 0.733. The lowest BCUT2D eigenvalue weighted by Gasteiger charge is -2.17. The smallest absolute Gasteiger partial charge is 0.129 e. The highest BCUT2D eigenvalue weighted by atomic mass is 16.5. The van der Waals surface area contributed by atoms with Crippen LogP contribution in [0, 0.1) is 5.92 Å². The molecule has 0 bridgehead atoms. The lowest BCUT2D eigenvalue weighted by molar-refractivity contribution is 0.0216. The molecule has 110 valence electrons. The lowest BCUT2D eigenvalue weighted by Crippen LogP contribution is -2.36. The molecule has 0 saturated carbocycles. The zero-order valence-corrected chi connectivity index (χ0v) is 12.3. The molecule has 2 N–H and O–H groups in total. The van der Waals surface area contributed by atoms with Crippen LogP contribution in [0.1, 0.15) is 39.4 Å². The Morgan fingerprint density at radius 1 is 1.32 bits per heavy atom. The maximum atomic E-state index is 9.79. The van der Waals surface area contributed by atoms with E-state index in [1.165, 1.54) is 6.42 Å². The molecule has 0 amide bonds. The molecule has 0 unspecified atom stereocenters. The second-order valence-electron chi connectivity index (χ2n) is 5.53. The Balaban J connectivity index is 2.02. The molecule has 0 aliphatic heterocycles. The third kappa shape index (κ3) is 8.03. The summed E-state index contributed by atoms with van der Waals surface area (Å²) >= 11 is 0. The zero-order chi connectivity index (χ0) is 14.1. The third-order valence-corrected chi connectivity index (χ3v) is 3.01. The average molecular weight is 269 g/mol. The van der Waals surface area contributed by atoms with Gasteiger partial charge in [-0.1, -0.05) is 13.8 Å². The second kappa shape index (κ2) is 9.13. The minimum Gasteiger partial charge on any atom is -0.467 e. The van der Waals surface area contributed by atoms with E-state index in [-0.39, 0.29) is 0 Å². The number of furan rings is 1. The number of hydrogen-bond acceptors (Lipinski definition) is 4. The van der Waals surface area contributed by atoms with Crippen LogP contribution in [0.25, 0.3) is 0 Å². The topological polar surface area (TPSA) is 54.6 Å². The first-order valence-electron chi connectivity index (χ1n) is 7.09. The van der Waals surface area contributed by atoms with Crippen LogP contribution in [-0.4, -0.2) is 30.4 Å². The molecule has 4 nitrogen and oxygen atoms in total. The molecular weight excluding hydrogens is 242 g/mol. The molecule has 1 heterocycles. The summed E-state index contributed by atoms with van der Waals surface area (Å²) in [6, 6.07) is 4.12. The molecule has 0 aliphatic carbocycles. The van der Waals surface area contributed by atoms with E-state index in [4.69, 9.17) is 9.15 Å². The molecule has 1 aromatic rings. The molecule has 4 heteroatoms. The van der Waals surface area contributed by atoms with Gasteiger partial charge in [-0.15, -0.1) is 0 Å². The zero-order valence-electron chi connectivity index (χ0n) is 12.3. The van der Waals surface area contributed by atoms with Gasteiger partial charge in [0.25, 0.3) is 0 Å². The monoisotopic (exact) mass is 269 g/mol. The number of nitrogens with one attached hydrogen (secondary N) is 1. The predicted molar refractivity (Wildman–Crippen MR) is 75.9 cm³/mol. The molecule has 0 spiro atoms. The summed E-state index contributed by atoms with van der Waals surface area (Å²) < 4.78 is 10.5. The third-order valence-electron chi connectivity index (χ3n) is 3.01. The largest absolute Gasteiger partial charge is 0.467 e. The Morgan fingerprint density at radius 3 is 2.74 bits per heavy atom. The van der Waals surface area contributed by atoms with Crippen LogP contribution in [-0.2, 0) is 11.3 Å². The van der Waals surface area contributed by atoms with Crippen molar-refractivity contribution < 1.29 is 14.3 Å². The SMILES string of the molecule is CC(C)CC[C@@H](C)NC[C@H](O)COCc1ccco1. The Kier molecular flexibility index (Phi) is 7.79. The van der Waals surface area contributed by atoms with Crippen LogP contribution in [0.2, 0.25) is 0 Å². The van der Waals surface area contributed by atoms with Crippen molar-refractivity contribution in [2.75, 3.05) is 13.2 Å². The molecule has 0 radical (unpaired) electrons.